The maximum atomic E-state index is 12.6. The Morgan fingerprint density at radius 3 is 2.70 bits per heavy atom. The highest BCUT2D eigenvalue weighted by Gasteiger charge is 2.36. The van der Waals surface area contributed by atoms with E-state index in [0.717, 1.165) is 16.0 Å². The fourth-order valence-electron chi connectivity index (χ4n) is 3.16. The van der Waals surface area contributed by atoms with Gasteiger partial charge in [0.2, 0.25) is 0 Å². The molecule has 1 amide bonds. The number of aryl methyl sites for hydroxylation is 1. The molecule has 1 saturated heterocycles. The molecule has 1 unspecified atom stereocenters. The van der Waals surface area contributed by atoms with E-state index >= 15 is 0 Å². The second-order valence-corrected chi connectivity index (χ2v) is 7.91. The first-order valence-corrected chi connectivity index (χ1v) is 8.37. The van der Waals surface area contributed by atoms with E-state index < -0.39 is 11.6 Å². The number of fused-ring (bicyclic) bond motifs is 1. The van der Waals surface area contributed by atoms with Gasteiger partial charge in [-0.1, -0.05) is 0 Å². The molecule has 1 aliphatic rings. The van der Waals surface area contributed by atoms with Crippen LogP contribution in [0.1, 0.15) is 46.0 Å². The standard InChI is InChI=1S/C16H20N2O4S/c1-8-12(15(20)21)13-11(23-8)6-10(17-13)14(19)18-5-4-9(7-18)16(2,3)22/h6,9,17,22H,4-5,7H2,1-3H3,(H,20,21). The van der Waals surface area contributed by atoms with Gasteiger partial charge in [-0.2, -0.15) is 0 Å². The van der Waals surface area contributed by atoms with Gasteiger partial charge >= 0.3 is 5.97 Å². The summed E-state index contributed by atoms with van der Waals surface area (Å²) in [6, 6.07) is 1.72. The van der Waals surface area contributed by atoms with Crippen molar-refractivity contribution in [2.45, 2.75) is 32.8 Å². The third-order valence-corrected chi connectivity index (χ3v) is 5.62. The molecule has 3 rings (SSSR count). The van der Waals surface area contributed by atoms with Crippen LogP contribution in [0.3, 0.4) is 0 Å². The summed E-state index contributed by atoms with van der Waals surface area (Å²) >= 11 is 1.37. The normalized spacial score (nSPS) is 18.8. The van der Waals surface area contributed by atoms with E-state index in [1.165, 1.54) is 11.3 Å². The number of rotatable bonds is 3. The van der Waals surface area contributed by atoms with E-state index in [1.807, 2.05) is 0 Å². The molecule has 0 spiro atoms. The predicted octanol–water partition coefficient (Wildman–Crippen LogP) is 2.47. The maximum Gasteiger partial charge on any atom is 0.338 e. The van der Waals surface area contributed by atoms with Crippen LogP contribution in [0.5, 0.6) is 0 Å². The first-order chi connectivity index (χ1) is 10.7. The number of carboxylic acids is 1. The molecular weight excluding hydrogens is 316 g/mol. The molecule has 0 radical (unpaired) electrons. The molecule has 3 N–H and O–H groups in total. The van der Waals surface area contributed by atoms with E-state index in [2.05, 4.69) is 4.98 Å². The number of carbonyl (C=O) groups is 2. The quantitative estimate of drug-likeness (QED) is 0.802. The largest absolute Gasteiger partial charge is 0.478 e. The molecule has 0 aliphatic carbocycles. The van der Waals surface area contributed by atoms with Crippen LogP contribution in [-0.4, -0.2) is 50.7 Å². The molecule has 23 heavy (non-hydrogen) atoms. The highest BCUT2D eigenvalue weighted by molar-refractivity contribution is 7.19. The molecule has 2 aromatic heterocycles. The lowest BCUT2D eigenvalue weighted by atomic mass is 9.90. The SMILES string of the molecule is Cc1sc2cc(C(=O)N3CCC(C(C)(C)O)C3)[nH]c2c1C(=O)O. The summed E-state index contributed by atoms with van der Waals surface area (Å²) in [6.45, 7) is 6.40. The number of hydrogen-bond acceptors (Lipinski definition) is 4. The second kappa shape index (κ2) is 5.35. The number of aromatic carboxylic acids is 1. The summed E-state index contributed by atoms with van der Waals surface area (Å²) in [5, 5.41) is 19.4. The number of carbonyl (C=O) groups excluding carboxylic acids is 1. The first-order valence-electron chi connectivity index (χ1n) is 7.55. The summed E-state index contributed by atoms with van der Waals surface area (Å²) in [7, 11) is 0. The molecule has 0 bridgehead atoms. The van der Waals surface area contributed by atoms with Crippen LogP contribution in [0.2, 0.25) is 0 Å². The van der Waals surface area contributed by atoms with Gasteiger partial charge < -0.3 is 20.1 Å². The van der Waals surface area contributed by atoms with Crippen LogP contribution in [-0.2, 0) is 0 Å². The molecule has 0 saturated carbocycles. The third kappa shape index (κ3) is 2.74. The van der Waals surface area contributed by atoms with Gasteiger partial charge in [0.25, 0.3) is 5.91 Å². The zero-order chi connectivity index (χ0) is 16.9. The van der Waals surface area contributed by atoms with Crippen LogP contribution in [0, 0.1) is 12.8 Å². The molecule has 3 heterocycles. The van der Waals surface area contributed by atoms with Crippen LogP contribution in [0.15, 0.2) is 6.07 Å². The monoisotopic (exact) mass is 336 g/mol. The lowest BCUT2D eigenvalue weighted by molar-refractivity contribution is 0.0211. The van der Waals surface area contributed by atoms with Crippen molar-refractivity contribution < 1.29 is 19.8 Å². The van der Waals surface area contributed by atoms with Gasteiger partial charge in [-0.25, -0.2) is 4.79 Å². The highest BCUT2D eigenvalue weighted by atomic mass is 32.1. The smallest absolute Gasteiger partial charge is 0.338 e. The number of nitrogens with one attached hydrogen (secondary N) is 1. The van der Waals surface area contributed by atoms with Gasteiger partial charge in [-0.3, -0.25) is 4.79 Å². The van der Waals surface area contributed by atoms with Crippen molar-refractivity contribution in [2.75, 3.05) is 13.1 Å². The second-order valence-electron chi connectivity index (χ2n) is 6.65. The van der Waals surface area contributed by atoms with E-state index in [9.17, 15) is 19.8 Å². The number of nitrogens with zero attached hydrogens (tertiary/aromatic N) is 1. The van der Waals surface area contributed by atoms with Crippen LogP contribution < -0.4 is 0 Å². The Labute approximate surface area is 137 Å². The number of hydrogen-bond donors (Lipinski definition) is 3. The number of aliphatic hydroxyl groups is 1. The molecule has 1 aliphatic heterocycles. The summed E-state index contributed by atoms with van der Waals surface area (Å²) in [5.74, 6) is -1.08. The number of carboxylic acid groups (broad SMARTS) is 1. The van der Waals surface area contributed by atoms with Crippen molar-refractivity contribution in [3.63, 3.8) is 0 Å². The fraction of sp³-hybridized carbons (Fsp3) is 0.500. The van der Waals surface area contributed by atoms with Crippen molar-refractivity contribution in [1.82, 2.24) is 9.88 Å². The van der Waals surface area contributed by atoms with Crippen LogP contribution >= 0.6 is 11.3 Å². The Bertz CT molecular complexity index is 784. The van der Waals surface area contributed by atoms with E-state index in [4.69, 9.17) is 0 Å². The number of aromatic nitrogens is 1. The van der Waals surface area contributed by atoms with E-state index in [-0.39, 0.29) is 17.4 Å². The summed E-state index contributed by atoms with van der Waals surface area (Å²) in [4.78, 5) is 29.4. The summed E-state index contributed by atoms with van der Waals surface area (Å²) in [6.07, 6.45) is 0.768. The van der Waals surface area contributed by atoms with Crippen molar-refractivity contribution in [1.29, 1.82) is 0 Å². The van der Waals surface area contributed by atoms with Gasteiger partial charge in [0.15, 0.2) is 0 Å². The van der Waals surface area contributed by atoms with Crippen LogP contribution in [0.4, 0.5) is 0 Å². The molecule has 124 valence electrons. The van der Waals surface area contributed by atoms with Gasteiger partial charge in [-0.05, 0) is 33.3 Å². The maximum absolute atomic E-state index is 12.6. The van der Waals surface area contributed by atoms with Crippen molar-refractivity contribution in [3.05, 3.63) is 22.2 Å². The zero-order valence-electron chi connectivity index (χ0n) is 13.3. The number of amides is 1. The minimum atomic E-state index is -0.988. The van der Waals surface area contributed by atoms with E-state index in [0.29, 0.717) is 24.3 Å². The van der Waals surface area contributed by atoms with Crippen LogP contribution in [0.25, 0.3) is 10.2 Å². The topological polar surface area (TPSA) is 93.6 Å². The Hall–Kier alpha value is -1.86. The summed E-state index contributed by atoms with van der Waals surface area (Å²) in [5.41, 5.74) is 0.352. The molecule has 1 atom stereocenters. The Kier molecular flexibility index (Phi) is 3.72. The lowest BCUT2D eigenvalue weighted by Gasteiger charge is -2.25. The lowest BCUT2D eigenvalue weighted by Crippen LogP contribution is -2.35. The molecule has 6 nitrogen and oxygen atoms in total. The minimum absolute atomic E-state index is 0.0550. The Morgan fingerprint density at radius 1 is 1.43 bits per heavy atom. The molecule has 1 fully saturated rings. The van der Waals surface area contributed by atoms with Crippen molar-refractivity contribution >= 4 is 33.4 Å². The number of thiophene rings is 1. The number of likely N-dealkylation sites (tertiary alicyclic amines) is 1. The van der Waals surface area contributed by atoms with E-state index in [1.54, 1.807) is 31.7 Å². The van der Waals surface area contributed by atoms with Gasteiger partial charge in [0.1, 0.15) is 5.69 Å². The first kappa shape index (κ1) is 16.0. The Morgan fingerprint density at radius 2 is 2.13 bits per heavy atom. The minimum Gasteiger partial charge on any atom is -0.478 e. The highest BCUT2D eigenvalue weighted by Crippen LogP contribution is 2.33. The van der Waals surface area contributed by atoms with Crippen molar-refractivity contribution in [2.24, 2.45) is 5.92 Å². The van der Waals surface area contributed by atoms with Gasteiger partial charge in [0, 0.05) is 23.9 Å². The average molecular weight is 336 g/mol. The average Bonchev–Trinajstić information content (AvgIpc) is 3.08. The molecule has 2 aromatic rings. The number of aromatic amines is 1. The predicted molar refractivity (Wildman–Crippen MR) is 88.2 cm³/mol. The molecular formula is C16H20N2O4S. The molecule has 7 heteroatoms. The van der Waals surface area contributed by atoms with Crippen molar-refractivity contribution in [3.8, 4) is 0 Å². The third-order valence-electron chi connectivity index (χ3n) is 4.57. The number of H-pyrrole nitrogens is 1. The van der Waals surface area contributed by atoms with Gasteiger partial charge in [-0.15, -0.1) is 11.3 Å². The summed E-state index contributed by atoms with van der Waals surface area (Å²) < 4.78 is 0.779. The zero-order valence-corrected chi connectivity index (χ0v) is 14.2. The Balaban J connectivity index is 1.87. The molecule has 0 aromatic carbocycles. The van der Waals surface area contributed by atoms with Gasteiger partial charge in [0.05, 0.1) is 21.4 Å². The fourth-order valence-corrected chi connectivity index (χ4v) is 4.21.